The second-order valence-corrected chi connectivity index (χ2v) is 4.17. The Balaban J connectivity index is 1.84. The summed E-state index contributed by atoms with van der Waals surface area (Å²) in [5, 5.41) is 6.08. The van der Waals surface area contributed by atoms with Gasteiger partial charge in [-0.1, -0.05) is 23.7 Å². The van der Waals surface area contributed by atoms with Crippen LogP contribution in [0, 0.1) is 5.92 Å². The van der Waals surface area contributed by atoms with Crippen LogP contribution in [-0.4, -0.2) is 12.6 Å². The van der Waals surface area contributed by atoms with E-state index in [1.165, 1.54) is 12.8 Å². The van der Waals surface area contributed by atoms with Gasteiger partial charge in [0.15, 0.2) is 0 Å². The minimum Gasteiger partial charge on any atom is -0.338 e. The lowest BCUT2D eigenvalue weighted by atomic mass is 10.3. The standard InChI is InChI=1S/C11H13ClN2O/c12-9-3-1-2-4-10(9)14-11(15)13-7-8-5-6-8/h1-4,8H,5-7H2,(H2,13,14,15). The Morgan fingerprint density at radius 2 is 2.13 bits per heavy atom. The molecule has 0 aliphatic heterocycles. The van der Waals surface area contributed by atoms with Gasteiger partial charge < -0.3 is 10.6 Å². The van der Waals surface area contributed by atoms with E-state index in [4.69, 9.17) is 11.6 Å². The molecule has 2 N–H and O–H groups in total. The normalized spacial score (nSPS) is 14.7. The topological polar surface area (TPSA) is 41.1 Å². The molecule has 15 heavy (non-hydrogen) atoms. The van der Waals surface area contributed by atoms with Crippen LogP contribution in [0.1, 0.15) is 12.8 Å². The number of halogens is 1. The molecule has 2 rings (SSSR count). The molecule has 0 radical (unpaired) electrons. The molecule has 0 unspecified atom stereocenters. The summed E-state index contributed by atoms with van der Waals surface area (Å²) in [5.41, 5.74) is 0.646. The summed E-state index contributed by atoms with van der Waals surface area (Å²) in [5.74, 6) is 0.682. The summed E-state index contributed by atoms with van der Waals surface area (Å²) in [4.78, 5) is 11.4. The second kappa shape index (κ2) is 4.53. The summed E-state index contributed by atoms with van der Waals surface area (Å²) in [6.45, 7) is 0.760. The van der Waals surface area contributed by atoms with Gasteiger partial charge in [0, 0.05) is 6.54 Å². The van der Waals surface area contributed by atoms with Crippen LogP contribution in [0.15, 0.2) is 24.3 Å². The SMILES string of the molecule is O=C(NCC1CC1)Nc1ccccc1Cl. The van der Waals surface area contributed by atoms with E-state index in [1.54, 1.807) is 12.1 Å². The molecule has 2 amide bonds. The molecule has 1 fully saturated rings. The van der Waals surface area contributed by atoms with Crippen molar-refractivity contribution >= 4 is 23.3 Å². The smallest absolute Gasteiger partial charge is 0.319 e. The van der Waals surface area contributed by atoms with Crippen LogP contribution in [0.3, 0.4) is 0 Å². The number of para-hydroxylation sites is 1. The van der Waals surface area contributed by atoms with E-state index in [2.05, 4.69) is 10.6 Å². The van der Waals surface area contributed by atoms with Crippen molar-refractivity contribution in [1.29, 1.82) is 0 Å². The van der Waals surface area contributed by atoms with Crippen molar-refractivity contribution in [2.24, 2.45) is 5.92 Å². The van der Waals surface area contributed by atoms with E-state index >= 15 is 0 Å². The van der Waals surface area contributed by atoms with Gasteiger partial charge in [-0.2, -0.15) is 0 Å². The number of amides is 2. The van der Waals surface area contributed by atoms with E-state index in [9.17, 15) is 4.79 Å². The van der Waals surface area contributed by atoms with Gasteiger partial charge in [-0.25, -0.2) is 4.79 Å². The summed E-state index contributed by atoms with van der Waals surface area (Å²) >= 11 is 5.90. The molecule has 1 aromatic carbocycles. The molecular formula is C11H13ClN2O. The average molecular weight is 225 g/mol. The quantitative estimate of drug-likeness (QED) is 0.815. The van der Waals surface area contributed by atoms with Crippen LogP contribution in [0.5, 0.6) is 0 Å². The number of nitrogens with one attached hydrogen (secondary N) is 2. The summed E-state index contributed by atoms with van der Waals surface area (Å²) in [7, 11) is 0. The zero-order valence-corrected chi connectivity index (χ0v) is 9.05. The Hall–Kier alpha value is -1.22. The number of urea groups is 1. The highest BCUT2D eigenvalue weighted by molar-refractivity contribution is 6.33. The van der Waals surface area contributed by atoms with Crippen molar-refractivity contribution < 1.29 is 4.79 Å². The third-order valence-corrected chi connectivity index (χ3v) is 2.70. The third-order valence-electron chi connectivity index (χ3n) is 2.37. The van der Waals surface area contributed by atoms with Crippen LogP contribution >= 0.6 is 11.6 Å². The van der Waals surface area contributed by atoms with Crippen molar-refractivity contribution in [3.05, 3.63) is 29.3 Å². The number of carbonyl (C=O) groups excluding carboxylic acids is 1. The first kappa shape index (κ1) is 10.3. The lowest BCUT2D eigenvalue weighted by Gasteiger charge is -2.07. The van der Waals surface area contributed by atoms with Gasteiger partial charge in [-0.15, -0.1) is 0 Å². The Labute approximate surface area is 93.8 Å². The number of hydrogen-bond donors (Lipinski definition) is 2. The lowest BCUT2D eigenvalue weighted by Crippen LogP contribution is -2.30. The Morgan fingerprint density at radius 3 is 2.80 bits per heavy atom. The number of anilines is 1. The number of rotatable bonds is 3. The molecular weight excluding hydrogens is 212 g/mol. The van der Waals surface area contributed by atoms with E-state index in [-0.39, 0.29) is 6.03 Å². The van der Waals surface area contributed by atoms with Gasteiger partial charge in [0.05, 0.1) is 10.7 Å². The highest BCUT2D eigenvalue weighted by Gasteiger charge is 2.21. The highest BCUT2D eigenvalue weighted by Crippen LogP contribution is 2.27. The zero-order valence-electron chi connectivity index (χ0n) is 8.29. The average Bonchev–Trinajstić information content (AvgIpc) is 3.02. The predicted octanol–water partition coefficient (Wildman–Crippen LogP) is 2.87. The van der Waals surface area contributed by atoms with Gasteiger partial charge in [0.1, 0.15) is 0 Å². The Kier molecular flexibility index (Phi) is 3.11. The first-order valence-corrected chi connectivity index (χ1v) is 5.43. The molecule has 0 heterocycles. The Bertz CT molecular complexity index is 363. The van der Waals surface area contributed by atoms with Gasteiger partial charge in [-0.3, -0.25) is 0 Å². The van der Waals surface area contributed by atoms with E-state index < -0.39 is 0 Å². The van der Waals surface area contributed by atoms with Crippen LogP contribution in [0.2, 0.25) is 5.02 Å². The number of carbonyl (C=O) groups is 1. The molecule has 1 aliphatic rings. The van der Waals surface area contributed by atoms with Crippen molar-refractivity contribution in [1.82, 2.24) is 5.32 Å². The fourth-order valence-electron chi connectivity index (χ4n) is 1.29. The van der Waals surface area contributed by atoms with E-state index in [1.807, 2.05) is 12.1 Å². The Morgan fingerprint density at radius 1 is 1.40 bits per heavy atom. The molecule has 1 saturated carbocycles. The second-order valence-electron chi connectivity index (χ2n) is 3.76. The molecule has 3 nitrogen and oxygen atoms in total. The van der Waals surface area contributed by atoms with Crippen LogP contribution < -0.4 is 10.6 Å². The van der Waals surface area contributed by atoms with Crippen molar-refractivity contribution in [3.63, 3.8) is 0 Å². The number of hydrogen-bond acceptors (Lipinski definition) is 1. The molecule has 0 bridgehead atoms. The maximum Gasteiger partial charge on any atom is 0.319 e. The van der Waals surface area contributed by atoms with Crippen molar-refractivity contribution in [2.45, 2.75) is 12.8 Å². The fourth-order valence-corrected chi connectivity index (χ4v) is 1.47. The summed E-state index contributed by atoms with van der Waals surface area (Å²) < 4.78 is 0. The molecule has 0 atom stereocenters. The van der Waals surface area contributed by atoms with Gasteiger partial charge in [0.25, 0.3) is 0 Å². The molecule has 0 spiro atoms. The van der Waals surface area contributed by atoms with Gasteiger partial charge >= 0.3 is 6.03 Å². The zero-order chi connectivity index (χ0) is 10.7. The molecule has 1 aromatic rings. The van der Waals surface area contributed by atoms with E-state index in [0.29, 0.717) is 16.6 Å². The minimum atomic E-state index is -0.185. The molecule has 0 saturated heterocycles. The maximum atomic E-state index is 11.4. The molecule has 80 valence electrons. The van der Waals surface area contributed by atoms with Gasteiger partial charge in [-0.05, 0) is 30.9 Å². The van der Waals surface area contributed by atoms with Crippen molar-refractivity contribution in [3.8, 4) is 0 Å². The van der Waals surface area contributed by atoms with Crippen molar-refractivity contribution in [2.75, 3.05) is 11.9 Å². The van der Waals surface area contributed by atoms with E-state index in [0.717, 1.165) is 6.54 Å². The number of benzene rings is 1. The summed E-state index contributed by atoms with van der Waals surface area (Å²) in [6.07, 6.45) is 2.46. The largest absolute Gasteiger partial charge is 0.338 e. The van der Waals surface area contributed by atoms with Crippen LogP contribution in [0.25, 0.3) is 0 Å². The molecule has 4 heteroatoms. The maximum absolute atomic E-state index is 11.4. The van der Waals surface area contributed by atoms with Gasteiger partial charge in [0.2, 0.25) is 0 Å². The third kappa shape index (κ3) is 3.13. The fraction of sp³-hybridized carbons (Fsp3) is 0.364. The molecule has 0 aromatic heterocycles. The van der Waals surface area contributed by atoms with Crippen LogP contribution in [0.4, 0.5) is 10.5 Å². The summed E-state index contributed by atoms with van der Waals surface area (Å²) in [6, 6.07) is 7.00. The molecule has 1 aliphatic carbocycles. The minimum absolute atomic E-state index is 0.185. The van der Waals surface area contributed by atoms with Crippen LogP contribution in [-0.2, 0) is 0 Å². The first-order valence-electron chi connectivity index (χ1n) is 5.05. The lowest BCUT2D eigenvalue weighted by molar-refractivity contribution is 0.251. The monoisotopic (exact) mass is 224 g/mol. The first-order chi connectivity index (χ1) is 7.25. The highest BCUT2D eigenvalue weighted by atomic mass is 35.5. The predicted molar refractivity (Wildman–Crippen MR) is 61.2 cm³/mol.